The van der Waals surface area contributed by atoms with Gasteiger partial charge in [0.05, 0.1) is 13.0 Å². The van der Waals surface area contributed by atoms with Crippen molar-refractivity contribution < 1.29 is 14.0 Å². The molecule has 0 spiro atoms. The number of furan rings is 1. The molecule has 1 aromatic rings. The number of Topliss-reactive ketones (excluding diaryl/α,β-unsaturated/α-hetero) is 1. The van der Waals surface area contributed by atoms with Crippen molar-refractivity contribution in [2.75, 3.05) is 13.1 Å². The van der Waals surface area contributed by atoms with Crippen molar-refractivity contribution in [3.05, 3.63) is 23.7 Å². The molecule has 1 amide bonds. The molecule has 0 aromatic carbocycles. The van der Waals surface area contributed by atoms with E-state index in [2.05, 4.69) is 0 Å². The summed E-state index contributed by atoms with van der Waals surface area (Å²) in [7, 11) is 0. The minimum Gasteiger partial charge on any atom is -0.466 e. The SMILES string of the molecule is Cc1ccc(CC(=O)N2CCC(C)(C)C(=O)C2)o1. The zero-order valence-corrected chi connectivity index (χ0v) is 11.2. The highest BCUT2D eigenvalue weighted by molar-refractivity contribution is 5.91. The molecule has 1 fully saturated rings. The number of carbonyl (C=O) groups is 2. The fraction of sp³-hybridized carbons (Fsp3) is 0.571. The van der Waals surface area contributed by atoms with Gasteiger partial charge in [-0.1, -0.05) is 13.8 Å². The molecule has 2 rings (SSSR count). The zero-order valence-electron chi connectivity index (χ0n) is 11.2. The van der Waals surface area contributed by atoms with Crippen LogP contribution < -0.4 is 0 Å². The quantitative estimate of drug-likeness (QED) is 0.805. The summed E-state index contributed by atoms with van der Waals surface area (Å²) in [5.41, 5.74) is -0.294. The second-order valence-electron chi connectivity index (χ2n) is 5.56. The van der Waals surface area contributed by atoms with E-state index >= 15 is 0 Å². The van der Waals surface area contributed by atoms with E-state index in [1.165, 1.54) is 0 Å². The molecule has 0 saturated carbocycles. The third-order valence-corrected chi connectivity index (χ3v) is 3.57. The number of amides is 1. The molecule has 1 aromatic heterocycles. The van der Waals surface area contributed by atoms with Crippen LogP contribution in [0.25, 0.3) is 0 Å². The number of ketones is 1. The molecule has 18 heavy (non-hydrogen) atoms. The summed E-state index contributed by atoms with van der Waals surface area (Å²) in [5, 5.41) is 0. The average Bonchev–Trinajstić information content (AvgIpc) is 2.68. The Kier molecular flexibility index (Phi) is 3.28. The Bertz CT molecular complexity index is 473. The molecule has 0 atom stereocenters. The van der Waals surface area contributed by atoms with Crippen LogP contribution in [0.15, 0.2) is 16.5 Å². The highest BCUT2D eigenvalue weighted by Gasteiger charge is 2.35. The van der Waals surface area contributed by atoms with Gasteiger partial charge in [-0.25, -0.2) is 0 Å². The molecule has 1 saturated heterocycles. The smallest absolute Gasteiger partial charge is 0.230 e. The lowest BCUT2D eigenvalue weighted by molar-refractivity contribution is -0.142. The van der Waals surface area contributed by atoms with Crippen LogP contribution in [-0.2, 0) is 16.0 Å². The summed E-state index contributed by atoms with van der Waals surface area (Å²) < 4.78 is 5.38. The minimum absolute atomic E-state index is 0.0341. The van der Waals surface area contributed by atoms with Crippen molar-refractivity contribution in [2.45, 2.75) is 33.6 Å². The van der Waals surface area contributed by atoms with Gasteiger partial charge in [-0.05, 0) is 25.5 Å². The Hall–Kier alpha value is -1.58. The highest BCUT2D eigenvalue weighted by atomic mass is 16.3. The largest absolute Gasteiger partial charge is 0.466 e. The molecule has 0 N–H and O–H groups in total. The molecular formula is C14H19NO3. The van der Waals surface area contributed by atoms with E-state index in [1.807, 2.05) is 32.9 Å². The van der Waals surface area contributed by atoms with Gasteiger partial charge in [0, 0.05) is 12.0 Å². The third kappa shape index (κ3) is 2.63. The van der Waals surface area contributed by atoms with E-state index in [1.54, 1.807) is 4.90 Å². The Balaban J connectivity index is 1.97. The number of likely N-dealkylation sites (tertiary alicyclic amines) is 1. The first-order valence-corrected chi connectivity index (χ1v) is 6.25. The normalized spacial score (nSPS) is 19.1. The Labute approximate surface area is 107 Å². The van der Waals surface area contributed by atoms with Gasteiger partial charge >= 0.3 is 0 Å². The Morgan fingerprint density at radius 2 is 2.17 bits per heavy atom. The number of hydrogen-bond donors (Lipinski definition) is 0. The molecule has 0 aliphatic carbocycles. The van der Waals surface area contributed by atoms with E-state index < -0.39 is 0 Å². The average molecular weight is 249 g/mol. The van der Waals surface area contributed by atoms with Crippen LogP contribution in [-0.4, -0.2) is 29.7 Å². The molecule has 4 nitrogen and oxygen atoms in total. The number of aryl methyl sites for hydroxylation is 1. The van der Waals surface area contributed by atoms with E-state index in [9.17, 15) is 9.59 Å². The van der Waals surface area contributed by atoms with Crippen LogP contribution >= 0.6 is 0 Å². The zero-order chi connectivity index (χ0) is 13.3. The second kappa shape index (κ2) is 4.59. The number of rotatable bonds is 2. The van der Waals surface area contributed by atoms with Crippen LogP contribution in [0.3, 0.4) is 0 Å². The predicted octanol–water partition coefficient (Wildman–Crippen LogP) is 1.96. The van der Waals surface area contributed by atoms with Crippen LogP contribution in [0.2, 0.25) is 0 Å². The lowest BCUT2D eigenvalue weighted by Crippen LogP contribution is -2.48. The number of nitrogens with zero attached hydrogens (tertiary/aromatic N) is 1. The van der Waals surface area contributed by atoms with Gasteiger partial charge in [0.25, 0.3) is 0 Å². The number of carbonyl (C=O) groups excluding carboxylic acids is 2. The highest BCUT2D eigenvalue weighted by Crippen LogP contribution is 2.27. The van der Waals surface area contributed by atoms with Gasteiger partial charge in [-0.15, -0.1) is 0 Å². The van der Waals surface area contributed by atoms with E-state index in [4.69, 9.17) is 4.42 Å². The van der Waals surface area contributed by atoms with Gasteiger partial charge in [-0.3, -0.25) is 9.59 Å². The van der Waals surface area contributed by atoms with Gasteiger partial charge in [-0.2, -0.15) is 0 Å². The number of piperidine rings is 1. The van der Waals surface area contributed by atoms with Crippen LogP contribution in [0, 0.1) is 12.3 Å². The second-order valence-corrected chi connectivity index (χ2v) is 5.56. The summed E-state index contributed by atoms with van der Waals surface area (Å²) in [6.45, 7) is 6.60. The molecule has 1 aliphatic rings. The molecule has 0 unspecified atom stereocenters. The fourth-order valence-electron chi connectivity index (χ4n) is 2.07. The first-order chi connectivity index (χ1) is 8.38. The van der Waals surface area contributed by atoms with E-state index in [0.717, 1.165) is 12.2 Å². The topological polar surface area (TPSA) is 50.5 Å². The van der Waals surface area contributed by atoms with E-state index in [-0.39, 0.29) is 30.1 Å². The van der Waals surface area contributed by atoms with Crippen molar-refractivity contribution in [3.8, 4) is 0 Å². The van der Waals surface area contributed by atoms with Gasteiger partial charge in [0.1, 0.15) is 11.5 Å². The predicted molar refractivity (Wildman–Crippen MR) is 67.1 cm³/mol. The van der Waals surface area contributed by atoms with Gasteiger partial charge in [0.2, 0.25) is 5.91 Å². The minimum atomic E-state index is -0.294. The molecule has 4 heteroatoms. The first kappa shape index (κ1) is 12.9. The third-order valence-electron chi connectivity index (χ3n) is 3.57. The van der Waals surface area contributed by atoms with Crippen molar-refractivity contribution in [1.82, 2.24) is 4.90 Å². The molecule has 0 bridgehead atoms. The molecule has 2 heterocycles. The molecule has 1 aliphatic heterocycles. The van der Waals surface area contributed by atoms with Crippen molar-refractivity contribution in [1.29, 1.82) is 0 Å². The van der Waals surface area contributed by atoms with Crippen molar-refractivity contribution in [2.24, 2.45) is 5.41 Å². The number of hydrogen-bond acceptors (Lipinski definition) is 3. The maximum atomic E-state index is 12.0. The molecular weight excluding hydrogens is 230 g/mol. The molecule has 98 valence electrons. The first-order valence-electron chi connectivity index (χ1n) is 6.25. The van der Waals surface area contributed by atoms with E-state index in [0.29, 0.717) is 12.3 Å². The van der Waals surface area contributed by atoms with Crippen molar-refractivity contribution in [3.63, 3.8) is 0 Å². The lowest BCUT2D eigenvalue weighted by atomic mass is 9.81. The van der Waals surface area contributed by atoms with Gasteiger partial charge in [0.15, 0.2) is 5.78 Å². The lowest BCUT2D eigenvalue weighted by Gasteiger charge is -2.35. The Morgan fingerprint density at radius 1 is 1.44 bits per heavy atom. The fourth-order valence-corrected chi connectivity index (χ4v) is 2.07. The maximum Gasteiger partial charge on any atom is 0.230 e. The monoisotopic (exact) mass is 249 g/mol. The van der Waals surface area contributed by atoms with Crippen LogP contribution in [0.4, 0.5) is 0 Å². The van der Waals surface area contributed by atoms with Crippen LogP contribution in [0.5, 0.6) is 0 Å². The van der Waals surface area contributed by atoms with Crippen LogP contribution in [0.1, 0.15) is 31.8 Å². The van der Waals surface area contributed by atoms with Crippen molar-refractivity contribution >= 4 is 11.7 Å². The van der Waals surface area contributed by atoms with Gasteiger partial charge < -0.3 is 9.32 Å². The molecule has 0 radical (unpaired) electrons. The maximum absolute atomic E-state index is 12.0. The summed E-state index contributed by atoms with van der Waals surface area (Å²) in [6, 6.07) is 3.65. The summed E-state index contributed by atoms with van der Waals surface area (Å²) >= 11 is 0. The Morgan fingerprint density at radius 3 is 2.72 bits per heavy atom. The summed E-state index contributed by atoms with van der Waals surface area (Å²) in [5.74, 6) is 1.56. The summed E-state index contributed by atoms with van der Waals surface area (Å²) in [6.07, 6.45) is 0.969. The summed E-state index contributed by atoms with van der Waals surface area (Å²) in [4.78, 5) is 25.5. The standard InChI is InChI=1S/C14H19NO3/c1-10-4-5-11(18-10)8-13(17)15-7-6-14(2,3)12(16)9-15/h4-5H,6-9H2,1-3H3.